The maximum atomic E-state index is 12.6. The van der Waals surface area contributed by atoms with Crippen molar-refractivity contribution < 1.29 is 12.9 Å². The topological polar surface area (TPSA) is 37.4 Å². The maximum Gasteiger partial charge on any atom is 0.240 e. The van der Waals surface area contributed by atoms with E-state index in [-0.39, 0.29) is 16.8 Å². The van der Waals surface area contributed by atoms with Gasteiger partial charge in [0, 0.05) is 6.54 Å². The highest BCUT2D eigenvalue weighted by atomic mass is 32.2. The molecule has 0 amide bonds. The summed E-state index contributed by atoms with van der Waals surface area (Å²) in [6, 6.07) is 0. The molecule has 0 saturated heterocycles. The number of rotatable bonds is 5. The van der Waals surface area contributed by atoms with Crippen LogP contribution in [0.15, 0.2) is 0 Å². The van der Waals surface area contributed by atoms with Gasteiger partial charge in [0.15, 0.2) is 0 Å². The lowest BCUT2D eigenvalue weighted by molar-refractivity contribution is 0.139. The van der Waals surface area contributed by atoms with Gasteiger partial charge in [0.1, 0.15) is 0 Å². The highest BCUT2D eigenvalue weighted by molar-refractivity contribution is 7.88. The van der Waals surface area contributed by atoms with Gasteiger partial charge in [-0.2, -0.15) is 0 Å². The second kappa shape index (κ2) is 4.66. The lowest BCUT2D eigenvalue weighted by Crippen LogP contribution is -2.26. The van der Waals surface area contributed by atoms with Crippen LogP contribution < -0.4 is 0 Å². The quantitative estimate of drug-likeness (QED) is 0.603. The SMILES string of the molecule is CCCN(F)S(=O)(=O)CCC. The van der Waals surface area contributed by atoms with Crippen LogP contribution in [0.3, 0.4) is 0 Å². The standard InChI is InChI=1S/C6H14FNO2S/c1-3-5-8(7)11(9,10)6-4-2/h3-6H2,1-2H3. The van der Waals surface area contributed by atoms with Crippen LogP contribution in [0.25, 0.3) is 0 Å². The highest BCUT2D eigenvalue weighted by Gasteiger charge is 2.18. The van der Waals surface area contributed by atoms with E-state index in [1.807, 2.05) is 0 Å². The first-order valence-electron chi connectivity index (χ1n) is 3.70. The Morgan fingerprint density at radius 2 is 1.82 bits per heavy atom. The zero-order valence-electron chi connectivity index (χ0n) is 6.88. The van der Waals surface area contributed by atoms with E-state index < -0.39 is 10.0 Å². The Hall–Kier alpha value is -0.160. The number of hydrogen-bond acceptors (Lipinski definition) is 2. The molecular weight excluding hydrogens is 169 g/mol. The summed E-state index contributed by atoms with van der Waals surface area (Å²) in [4.78, 5) is 0. The smallest absolute Gasteiger partial charge is 0.210 e. The van der Waals surface area contributed by atoms with E-state index >= 15 is 0 Å². The van der Waals surface area contributed by atoms with E-state index in [1.165, 1.54) is 0 Å². The molecule has 0 fully saturated rings. The minimum absolute atomic E-state index is 0.0394. The van der Waals surface area contributed by atoms with Crippen molar-refractivity contribution in [3.63, 3.8) is 0 Å². The van der Waals surface area contributed by atoms with Gasteiger partial charge in [0.2, 0.25) is 10.0 Å². The molecule has 0 aromatic rings. The zero-order chi connectivity index (χ0) is 8.91. The molecule has 0 spiro atoms. The number of hydrogen-bond donors (Lipinski definition) is 0. The fourth-order valence-electron chi connectivity index (χ4n) is 0.672. The molecule has 5 heteroatoms. The van der Waals surface area contributed by atoms with Gasteiger partial charge in [-0.25, -0.2) is 8.42 Å². The molecule has 0 bridgehead atoms. The summed E-state index contributed by atoms with van der Waals surface area (Å²) in [6.45, 7) is 3.40. The Bertz CT molecular complexity index is 191. The molecule has 0 aromatic carbocycles. The molecule has 68 valence electrons. The normalized spacial score (nSPS) is 12.4. The van der Waals surface area contributed by atoms with Crippen molar-refractivity contribution in [2.45, 2.75) is 26.7 Å². The van der Waals surface area contributed by atoms with Crippen LogP contribution in [-0.4, -0.2) is 25.2 Å². The molecule has 0 rings (SSSR count). The van der Waals surface area contributed by atoms with Crippen molar-refractivity contribution in [3.8, 4) is 0 Å². The van der Waals surface area contributed by atoms with Crippen LogP contribution in [-0.2, 0) is 10.0 Å². The number of halogens is 1. The third-order valence-electron chi connectivity index (χ3n) is 1.16. The zero-order valence-corrected chi connectivity index (χ0v) is 7.69. The monoisotopic (exact) mass is 183 g/mol. The molecule has 0 heterocycles. The summed E-state index contributed by atoms with van der Waals surface area (Å²) < 4.78 is 34.3. The maximum absolute atomic E-state index is 12.6. The van der Waals surface area contributed by atoms with Crippen molar-refractivity contribution in [2.75, 3.05) is 12.3 Å². The Labute approximate surface area is 67.2 Å². The van der Waals surface area contributed by atoms with Crippen LogP contribution in [0.5, 0.6) is 0 Å². The van der Waals surface area contributed by atoms with Crippen molar-refractivity contribution in [1.82, 2.24) is 4.53 Å². The van der Waals surface area contributed by atoms with E-state index in [4.69, 9.17) is 0 Å². The van der Waals surface area contributed by atoms with Gasteiger partial charge >= 0.3 is 0 Å². The molecule has 0 aliphatic carbocycles. The molecule has 3 nitrogen and oxygen atoms in total. The predicted octanol–water partition coefficient (Wildman–Crippen LogP) is 1.32. The molecule has 0 radical (unpaired) electrons. The van der Waals surface area contributed by atoms with Gasteiger partial charge in [-0.15, -0.1) is 4.48 Å². The van der Waals surface area contributed by atoms with E-state index in [1.54, 1.807) is 13.8 Å². The first-order valence-corrected chi connectivity index (χ1v) is 5.31. The summed E-state index contributed by atoms with van der Waals surface area (Å²) in [6.07, 6.45) is 0.950. The number of sulfonamides is 1. The fraction of sp³-hybridized carbons (Fsp3) is 1.00. The largest absolute Gasteiger partial charge is 0.240 e. The average molecular weight is 183 g/mol. The first-order chi connectivity index (χ1) is 5.04. The van der Waals surface area contributed by atoms with Gasteiger partial charge in [-0.05, 0) is 17.4 Å². The van der Waals surface area contributed by atoms with Gasteiger partial charge in [-0.1, -0.05) is 13.8 Å². The summed E-state index contributed by atoms with van der Waals surface area (Å²) in [5, 5.41) is 0. The van der Waals surface area contributed by atoms with Gasteiger partial charge in [0.25, 0.3) is 0 Å². The van der Waals surface area contributed by atoms with E-state index in [0.717, 1.165) is 0 Å². The molecule has 0 atom stereocenters. The van der Waals surface area contributed by atoms with Crippen LogP contribution in [0.1, 0.15) is 26.7 Å². The summed E-state index contributed by atoms with van der Waals surface area (Å²) >= 11 is 0. The molecule has 0 aromatic heterocycles. The van der Waals surface area contributed by atoms with Gasteiger partial charge in [-0.3, -0.25) is 0 Å². The van der Waals surface area contributed by atoms with Crippen molar-refractivity contribution in [3.05, 3.63) is 0 Å². The van der Waals surface area contributed by atoms with Crippen LogP contribution >= 0.6 is 0 Å². The Morgan fingerprint density at radius 3 is 2.18 bits per heavy atom. The fourth-order valence-corrected chi connectivity index (χ4v) is 1.85. The Kier molecular flexibility index (Phi) is 4.60. The average Bonchev–Trinajstić information content (AvgIpc) is 1.88. The second-order valence-corrected chi connectivity index (χ2v) is 4.30. The van der Waals surface area contributed by atoms with Gasteiger partial charge in [0.05, 0.1) is 5.75 Å². The third kappa shape index (κ3) is 3.67. The van der Waals surface area contributed by atoms with E-state index in [2.05, 4.69) is 0 Å². The third-order valence-corrected chi connectivity index (χ3v) is 2.87. The van der Waals surface area contributed by atoms with Crippen LogP contribution in [0.2, 0.25) is 0 Å². The first kappa shape index (κ1) is 10.8. The molecule has 0 unspecified atom stereocenters. The predicted molar refractivity (Wildman–Crippen MR) is 42.2 cm³/mol. The minimum Gasteiger partial charge on any atom is -0.210 e. The molecule has 0 N–H and O–H groups in total. The molecular formula is C6H14FNO2S. The summed E-state index contributed by atoms with van der Waals surface area (Å²) in [7, 11) is -3.61. The van der Waals surface area contributed by atoms with E-state index in [9.17, 15) is 12.9 Å². The molecule has 0 saturated carbocycles. The van der Waals surface area contributed by atoms with Crippen molar-refractivity contribution >= 4 is 10.0 Å². The number of nitrogens with zero attached hydrogens (tertiary/aromatic N) is 1. The van der Waals surface area contributed by atoms with Crippen molar-refractivity contribution in [2.24, 2.45) is 0 Å². The lowest BCUT2D eigenvalue weighted by Gasteiger charge is -2.09. The summed E-state index contributed by atoms with van der Waals surface area (Å²) in [5.41, 5.74) is 0. The highest BCUT2D eigenvalue weighted by Crippen LogP contribution is 2.04. The van der Waals surface area contributed by atoms with Crippen LogP contribution in [0, 0.1) is 0 Å². The van der Waals surface area contributed by atoms with Crippen LogP contribution in [0.4, 0.5) is 4.48 Å². The Morgan fingerprint density at radius 1 is 1.27 bits per heavy atom. The van der Waals surface area contributed by atoms with E-state index in [0.29, 0.717) is 12.8 Å². The molecule has 11 heavy (non-hydrogen) atoms. The lowest BCUT2D eigenvalue weighted by atomic mass is 10.5. The molecule has 0 aliphatic heterocycles. The van der Waals surface area contributed by atoms with Crippen molar-refractivity contribution in [1.29, 1.82) is 0 Å². The Balaban J connectivity index is 4.07. The molecule has 0 aliphatic rings. The summed E-state index contributed by atoms with van der Waals surface area (Å²) in [5.74, 6) is -0.108. The minimum atomic E-state index is -3.61. The second-order valence-electron chi connectivity index (χ2n) is 2.33. The van der Waals surface area contributed by atoms with Gasteiger partial charge < -0.3 is 0 Å².